The zero-order valence-electron chi connectivity index (χ0n) is 12.3. The van der Waals surface area contributed by atoms with Gasteiger partial charge in [-0.05, 0) is 37.0 Å². The minimum atomic E-state index is 0.0947. The highest BCUT2D eigenvalue weighted by Gasteiger charge is 2.08. The van der Waals surface area contributed by atoms with Crippen LogP contribution in [0.3, 0.4) is 0 Å². The summed E-state index contributed by atoms with van der Waals surface area (Å²) in [4.78, 5) is 0. The van der Waals surface area contributed by atoms with Crippen LogP contribution in [-0.2, 0) is 13.0 Å². The molecule has 0 spiro atoms. The average molecular weight is 269 g/mol. The highest BCUT2D eigenvalue weighted by molar-refractivity contribution is 5.30. The van der Waals surface area contributed by atoms with Crippen molar-refractivity contribution in [1.29, 1.82) is 0 Å². The monoisotopic (exact) mass is 269 g/mol. The van der Waals surface area contributed by atoms with Crippen molar-refractivity contribution >= 4 is 0 Å². The molecule has 0 aliphatic heterocycles. The van der Waals surface area contributed by atoms with Gasteiger partial charge in [-0.15, -0.1) is 0 Å². The van der Waals surface area contributed by atoms with Gasteiger partial charge in [0.1, 0.15) is 0 Å². The molecule has 0 radical (unpaired) electrons. The highest BCUT2D eigenvalue weighted by atomic mass is 16.3. The van der Waals surface area contributed by atoms with E-state index in [0.717, 1.165) is 13.0 Å². The molecular formula is C18H23NO. The summed E-state index contributed by atoms with van der Waals surface area (Å²) in [6.45, 7) is 5.18. The molecule has 0 saturated carbocycles. The predicted octanol–water partition coefficient (Wildman–Crippen LogP) is 3.00. The lowest BCUT2D eigenvalue weighted by molar-refractivity contribution is 0.240. The van der Waals surface area contributed by atoms with E-state index in [-0.39, 0.29) is 12.6 Å². The maximum absolute atomic E-state index is 9.53. The van der Waals surface area contributed by atoms with Gasteiger partial charge < -0.3 is 10.4 Å². The Morgan fingerprint density at radius 1 is 1.05 bits per heavy atom. The van der Waals surface area contributed by atoms with Crippen LogP contribution >= 0.6 is 0 Å². The SMILES string of the molecule is Cc1ccc(C)c(CN[C@H](CO)Cc2ccccc2)c1. The van der Waals surface area contributed by atoms with Crippen LogP contribution in [0.1, 0.15) is 22.3 Å². The Hall–Kier alpha value is -1.64. The third-order valence-electron chi connectivity index (χ3n) is 3.63. The number of aryl methyl sites for hydroxylation is 2. The maximum atomic E-state index is 9.53. The molecule has 0 fully saturated rings. The fraction of sp³-hybridized carbons (Fsp3) is 0.333. The minimum absolute atomic E-state index is 0.0947. The normalized spacial score (nSPS) is 12.3. The van der Waals surface area contributed by atoms with Gasteiger partial charge in [-0.3, -0.25) is 0 Å². The van der Waals surface area contributed by atoms with Crippen molar-refractivity contribution in [1.82, 2.24) is 5.32 Å². The van der Waals surface area contributed by atoms with Crippen molar-refractivity contribution in [3.05, 3.63) is 70.8 Å². The molecule has 1 atom stereocenters. The molecule has 2 N–H and O–H groups in total. The number of aliphatic hydroxyl groups excluding tert-OH is 1. The molecule has 2 heteroatoms. The van der Waals surface area contributed by atoms with E-state index in [1.54, 1.807) is 0 Å². The highest BCUT2D eigenvalue weighted by Crippen LogP contribution is 2.11. The number of aliphatic hydroxyl groups is 1. The third kappa shape index (κ3) is 4.19. The van der Waals surface area contributed by atoms with E-state index < -0.39 is 0 Å². The Labute approximate surface area is 121 Å². The van der Waals surface area contributed by atoms with Crippen molar-refractivity contribution in [2.45, 2.75) is 32.9 Å². The van der Waals surface area contributed by atoms with Gasteiger partial charge in [0.25, 0.3) is 0 Å². The standard InChI is InChI=1S/C18H23NO/c1-14-8-9-15(2)17(10-14)12-19-18(13-20)11-16-6-4-3-5-7-16/h3-10,18-20H,11-13H2,1-2H3/t18-/m0/s1. The van der Waals surface area contributed by atoms with Crippen LogP contribution < -0.4 is 5.32 Å². The minimum Gasteiger partial charge on any atom is -0.395 e. The van der Waals surface area contributed by atoms with Gasteiger partial charge in [-0.1, -0.05) is 54.1 Å². The first-order valence-electron chi connectivity index (χ1n) is 7.13. The van der Waals surface area contributed by atoms with Gasteiger partial charge >= 0.3 is 0 Å². The van der Waals surface area contributed by atoms with Crippen LogP contribution in [0.4, 0.5) is 0 Å². The number of hydrogen-bond donors (Lipinski definition) is 2. The molecule has 0 unspecified atom stereocenters. The van der Waals surface area contributed by atoms with Crippen molar-refractivity contribution in [2.24, 2.45) is 0 Å². The van der Waals surface area contributed by atoms with Crippen molar-refractivity contribution in [3.63, 3.8) is 0 Å². The fourth-order valence-corrected chi connectivity index (χ4v) is 2.34. The molecule has 0 bridgehead atoms. The molecule has 2 aromatic carbocycles. The summed E-state index contributed by atoms with van der Waals surface area (Å²) in [7, 11) is 0. The summed E-state index contributed by atoms with van der Waals surface area (Å²) in [5.41, 5.74) is 5.12. The molecule has 0 saturated heterocycles. The Morgan fingerprint density at radius 2 is 1.80 bits per heavy atom. The van der Waals surface area contributed by atoms with E-state index in [1.807, 2.05) is 18.2 Å². The van der Waals surface area contributed by atoms with Gasteiger partial charge in [-0.2, -0.15) is 0 Å². The smallest absolute Gasteiger partial charge is 0.0587 e. The van der Waals surface area contributed by atoms with Crippen LogP contribution in [0, 0.1) is 13.8 Å². The molecule has 0 amide bonds. The molecule has 2 aromatic rings. The van der Waals surface area contributed by atoms with E-state index in [4.69, 9.17) is 0 Å². The molecule has 106 valence electrons. The topological polar surface area (TPSA) is 32.3 Å². The van der Waals surface area contributed by atoms with Gasteiger partial charge in [0.2, 0.25) is 0 Å². The fourth-order valence-electron chi connectivity index (χ4n) is 2.34. The second-order valence-corrected chi connectivity index (χ2v) is 5.38. The van der Waals surface area contributed by atoms with Crippen LogP contribution in [-0.4, -0.2) is 17.8 Å². The largest absolute Gasteiger partial charge is 0.395 e. The zero-order valence-corrected chi connectivity index (χ0v) is 12.3. The van der Waals surface area contributed by atoms with Gasteiger partial charge in [0.05, 0.1) is 6.61 Å². The lowest BCUT2D eigenvalue weighted by atomic mass is 10.0. The average Bonchev–Trinajstić information content (AvgIpc) is 2.47. The molecule has 2 rings (SSSR count). The lowest BCUT2D eigenvalue weighted by Gasteiger charge is -2.17. The molecule has 0 aliphatic rings. The Balaban J connectivity index is 1.95. The zero-order chi connectivity index (χ0) is 14.4. The Kier molecular flexibility index (Phi) is 5.33. The summed E-state index contributed by atoms with van der Waals surface area (Å²) in [6.07, 6.45) is 0.849. The molecule has 2 nitrogen and oxygen atoms in total. The van der Waals surface area contributed by atoms with Crippen molar-refractivity contribution in [2.75, 3.05) is 6.61 Å². The van der Waals surface area contributed by atoms with Crippen molar-refractivity contribution < 1.29 is 5.11 Å². The van der Waals surface area contributed by atoms with Crippen molar-refractivity contribution in [3.8, 4) is 0 Å². The number of benzene rings is 2. The number of nitrogens with one attached hydrogen (secondary N) is 1. The second kappa shape index (κ2) is 7.22. The first-order chi connectivity index (χ1) is 9.69. The molecule has 20 heavy (non-hydrogen) atoms. The number of hydrogen-bond acceptors (Lipinski definition) is 2. The van der Waals surface area contributed by atoms with E-state index in [1.165, 1.54) is 22.3 Å². The first-order valence-corrected chi connectivity index (χ1v) is 7.13. The Morgan fingerprint density at radius 3 is 2.50 bits per heavy atom. The van der Waals surface area contributed by atoms with E-state index >= 15 is 0 Å². The van der Waals surface area contributed by atoms with E-state index in [9.17, 15) is 5.11 Å². The summed E-state index contributed by atoms with van der Waals surface area (Å²) < 4.78 is 0. The van der Waals surface area contributed by atoms with Gasteiger partial charge in [0.15, 0.2) is 0 Å². The second-order valence-electron chi connectivity index (χ2n) is 5.38. The maximum Gasteiger partial charge on any atom is 0.0587 e. The van der Waals surface area contributed by atoms with Crippen LogP contribution in [0.2, 0.25) is 0 Å². The van der Waals surface area contributed by atoms with Gasteiger partial charge in [-0.25, -0.2) is 0 Å². The quantitative estimate of drug-likeness (QED) is 0.845. The summed E-state index contributed by atoms with van der Waals surface area (Å²) in [6, 6.07) is 16.9. The third-order valence-corrected chi connectivity index (χ3v) is 3.63. The van der Waals surface area contributed by atoms with E-state index in [0.29, 0.717) is 0 Å². The first kappa shape index (κ1) is 14.8. The predicted molar refractivity (Wildman–Crippen MR) is 83.8 cm³/mol. The number of rotatable bonds is 6. The van der Waals surface area contributed by atoms with Crippen LogP contribution in [0.15, 0.2) is 48.5 Å². The van der Waals surface area contributed by atoms with Crippen LogP contribution in [0.25, 0.3) is 0 Å². The van der Waals surface area contributed by atoms with Crippen LogP contribution in [0.5, 0.6) is 0 Å². The molecule has 0 aromatic heterocycles. The molecule has 0 heterocycles. The summed E-state index contributed by atoms with van der Waals surface area (Å²) >= 11 is 0. The summed E-state index contributed by atoms with van der Waals surface area (Å²) in [5, 5.41) is 13.0. The molecular weight excluding hydrogens is 246 g/mol. The van der Waals surface area contributed by atoms with E-state index in [2.05, 4.69) is 49.5 Å². The lowest BCUT2D eigenvalue weighted by Crippen LogP contribution is -2.34. The molecule has 0 aliphatic carbocycles. The van der Waals surface area contributed by atoms with Gasteiger partial charge in [0, 0.05) is 12.6 Å². The Bertz CT molecular complexity index is 536. The summed E-state index contributed by atoms with van der Waals surface area (Å²) in [5.74, 6) is 0.